The van der Waals surface area contributed by atoms with Gasteiger partial charge in [-0.05, 0) is 75.3 Å². The molecule has 0 bridgehead atoms. The number of amides is 3. The van der Waals surface area contributed by atoms with E-state index in [4.69, 9.17) is 4.74 Å². The summed E-state index contributed by atoms with van der Waals surface area (Å²) in [6.45, 7) is 3.64. The second-order valence-corrected chi connectivity index (χ2v) is 10.9. The van der Waals surface area contributed by atoms with Gasteiger partial charge in [-0.2, -0.15) is 0 Å². The fraction of sp³-hybridized carbons (Fsp3) is 0.321. The highest BCUT2D eigenvalue weighted by atomic mass is 32.2. The lowest BCUT2D eigenvalue weighted by Gasteiger charge is -2.35. The number of likely N-dealkylation sites (N-methyl/N-ethyl adjacent to an activating group) is 1. The van der Waals surface area contributed by atoms with Crippen LogP contribution in [0, 0.1) is 6.92 Å². The maximum absolute atomic E-state index is 13.5. The molecule has 2 aromatic carbocycles. The molecule has 37 heavy (non-hydrogen) atoms. The van der Waals surface area contributed by atoms with E-state index in [1.54, 1.807) is 11.1 Å². The van der Waals surface area contributed by atoms with Crippen molar-refractivity contribution in [2.45, 2.75) is 42.1 Å². The van der Waals surface area contributed by atoms with Crippen LogP contribution in [-0.2, 0) is 4.79 Å². The lowest BCUT2D eigenvalue weighted by Crippen LogP contribution is -2.50. The predicted octanol–water partition coefficient (Wildman–Crippen LogP) is 4.77. The molecule has 2 N–H and O–H groups in total. The van der Waals surface area contributed by atoms with E-state index in [0.29, 0.717) is 18.3 Å². The Kier molecular flexibility index (Phi) is 6.26. The van der Waals surface area contributed by atoms with E-state index in [1.807, 2.05) is 61.5 Å². The fourth-order valence-electron chi connectivity index (χ4n) is 5.39. The number of aryl methyl sites for hydroxylation is 1. The zero-order valence-electron chi connectivity index (χ0n) is 20.8. The first-order chi connectivity index (χ1) is 18.0. The lowest BCUT2D eigenvalue weighted by atomic mass is 9.99. The number of nitrogens with zero attached hydrogens (tertiary/aromatic N) is 3. The number of ether oxygens (including phenoxy) is 1. The van der Waals surface area contributed by atoms with Crippen LogP contribution in [0.3, 0.4) is 0 Å². The van der Waals surface area contributed by atoms with Crippen LogP contribution in [0.5, 0.6) is 11.5 Å². The number of anilines is 2. The molecule has 3 aliphatic rings. The van der Waals surface area contributed by atoms with Gasteiger partial charge < -0.3 is 20.3 Å². The average Bonchev–Trinajstić information content (AvgIpc) is 3.48. The SMILES string of the molecule is Cc1cc(Oc2ccccc2)ccc1N1C(=O)NC2c3c1ccnc3S[C@@H]2C(=O)NCC1CCCN1C. The van der Waals surface area contributed by atoms with Crippen LogP contribution in [0.4, 0.5) is 16.2 Å². The monoisotopic (exact) mass is 515 g/mol. The third kappa shape index (κ3) is 4.42. The van der Waals surface area contributed by atoms with E-state index < -0.39 is 11.3 Å². The molecule has 0 aliphatic carbocycles. The number of benzene rings is 2. The molecular formula is C28H29N5O3S. The van der Waals surface area contributed by atoms with Gasteiger partial charge in [0.2, 0.25) is 5.91 Å². The standard InChI is InChI=1S/C28H29N5O3S/c1-17-15-20(36-19-8-4-3-5-9-19)10-11-21(17)33-22-12-13-29-27-23(22)24(31-28(33)35)25(37-27)26(34)30-16-18-7-6-14-32(18)2/h3-5,8-13,15,18,24-25H,6-7,14,16H2,1-2H3,(H,30,34)(H,31,35)/t18?,24?,25-/m0/s1. The molecule has 1 fully saturated rings. The van der Waals surface area contributed by atoms with Gasteiger partial charge in [0.25, 0.3) is 0 Å². The van der Waals surface area contributed by atoms with Crippen LogP contribution < -0.4 is 20.3 Å². The van der Waals surface area contributed by atoms with Crippen molar-refractivity contribution in [3.05, 3.63) is 71.9 Å². The molecule has 3 aliphatic heterocycles. The minimum Gasteiger partial charge on any atom is -0.457 e. The second kappa shape index (κ2) is 9.72. The Labute approximate surface area is 220 Å². The Morgan fingerprint density at radius 3 is 2.76 bits per heavy atom. The third-order valence-corrected chi connectivity index (χ3v) is 8.62. The number of carbonyl (C=O) groups is 2. The highest BCUT2D eigenvalue weighted by Crippen LogP contribution is 2.51. The van der Waals surface area contributed by atoms with E-state index in [1.165, 1.54) is 11.8 Å². The van der Waals surface area contributed by atoms with E-state index in [2.05, 4.69) is 27.6 Å². The first kappa shape index (κ1) is 23.8. The van der Waals surface area contributed by atoms with Crippen LogP contribution in [-0.4, -0.2) is 53.3 Å². The molecule has 1 saturated heterocycles. The van der Waals surface area contributed by atoms with Crippen molar-refractivity contribution in [2.75, 3.05) is 25.0 Å². The van der Waals surface area contributed by atoms with Gasteiger partial charge in [0.05, 0.1) is 17.4 Å². The van der Waals surface area contributed by atoms with Crippen molar-refractivity contribution < 1.29 is 14.3 Å². The number of pyridine rings is 1. The van der Waals surface area contributed by atoms with Crippen LogP contribution in [0.15, 0.2) is 65.8 Å². The van der Waals surface area contributed by atoms with Crippen LogP contribution >= 0.6 is 11.8 Å². The Morgan fingerprint density at radius 2 is 2.00 bits per heavy atom. The summed E-state index contributed by atoms with van der Waals surface area (Å²) in [5.41, 5.74) is 3.31. The van der Waals surface area contributed by atoms with Crippen molar-refractivity contribution >= 4 is 35.1 Å². The first-order valence-corrected chi connectivity index (χ1v) is 13.5. The number of thioether (sulfide) groups is 1. The van der Waals surface area contributed by atoms with E-state index >= 15 is 0 Å². The van der Waals surface area contributed by atoms with Gasteiger partial charge in [0, 0.05) is 24.3 Å². The zero-order valence-corrected chi connectivity index (χ0v) is 21.6. The fourth-order valence-corrected chi connectivity index (χ4v) is 6.64. The highest BCUT2D eigenvalue weighted by molar-refractivity contribution is 8.01. The minimum atomic E-state index is -0.454. The Balaban J connectivity index is 1.24. The summed E-state index contributed by atoms with van der Waals surface area (Å²) in [4.78, 5) is 35.2. The second-order valence-electron chi connectivity index (χ2n) is 9.74. The molecule has 3 amide bonds. The normalized spacial score (nSPS) is 22.5. The van der Waals surface area contributed by atoms with Crippen molar-refractivity contribution in [2.24, 2.45) is 0 Å². The number of rotatable bonds is 6. The van der Waals surface area contributed by atoms with E-state index in [9.17, 15) is 9.59 Å². The number of nitrogens with one attached hydrogen (secondary N) is 2. The molecule has 190 valence electrons. The molecule has 3 atom stereocenters. The quantitative estimate of drug-likeness (QED) is 0.492. The molecule has 3 aromatic rings. The van der Waals surface area contributed by atoms with Crippen molar-refractivity contribution in [3.63, 3.8) is 0 Å². The topological polar surface area (TPSA) is 86.8 Å². The summed E-state index contributed by atoms with van der Waals surface area (Å²) in [6.07, 6.45) is 3.95. The number of urea groups is 1. The van der Waals surface area contributed by atoms with Gasteiger partial charge in [-0.25, -0.2) is 9.78 Å². The highest BCUT2D eigenvalue weighted by Gasteiger charge is 2.46. The van der Waals surface area contributed by atoms with Gasteiger partial charge >= 0.3 is 6.03 Å². The smallest absolute Gasteiger partial charge is 0.327 e. The van der Waals surface area contributed by atoms with Crippen LogP contribution in [0.25, 0.3) is 0 Å². The largest absolute Gasteiger partial charge is 0.457 e. The molecule has 0 saturated carbocycles. The third-order valence-electron chi connectivity index (χ3n) is 7.34. The minimum absolute atomic E-state index is 0.0633. The van der Waals surface area contributed by atoms with Gasteiger partial charge in [-0.3, -0.25) is 9.69 Å². The summed E-state index contributed by atoms with van der Waals surface area (Å²) in [7, 11) is 2.10. The molecule has 0 radical (unpaired) electrons. The zero-order chi connectivity index (χ0) is 25.5. The average molecular weight is 516 g/mol. The maximum Gasteiger partial charge on any atom is 0.327 e. The van der Waals surface area contributed by atoms with E-state index in [0.717, 1.165) is 52.7 Å². The van der Waals surface area contributed by atoms with Crippen LogP contribution in [0.2, 0.25) is 0 Å². The summed E-state index contributed by atoms with van der Waals surface area (Å²) < 4.78 is 5.97. The Morgan fingerprint density at radius 1 is 1.16 bits per heavy atom. The van der Waals surface area contributed by atoms with Crippen molar-refractivity contribution in [1.29, 1.82) is 0 Å². The number of hydrogen-bond donors (Lipinski definition) is 2. The summed E-state index contributed by atoms with van der Waals surface area (Å²) in [5, 5.41) is 6.55. The van der Waals surface area contributed by atoms with Gasteiger partial charge in [0.1, 0.15) is 21.8 Å². The molecule has 1 aromatic heterocycles. The summed E-state index contributed by atoms with van der Waals surface area (Å²) in [6, 6.07) is 16.8. The molecule has 2 unspecified atom stereocenters. The van der Waals surface area contributed by atoms with Crippen LogP contribution in [0.1, 0.15) is 30.0 Å². The molecule has 6 rings (SSSR count). The molecule has 4 heterocycles. The Hall–Kier alpha value is -3.56. The maximum atomic E-state index is 13.5. The summed E-state index contributed by atoms with van der Waals surface area (Å²) >= 11 is 1.42. The molecular weight excluding hydrogens is 486 g/mol. The van der Waals surface area contributed by atoms with Crippen molar-refractivity contribution in [3.8, 4) is 11.5 Å². The van der Waals surface area contributed by atoms with Gasteiger partial charge in [-0.15, -0.1) is 0 Å². The lowest BCUT2D eigenvalue weighted by molar-refractivity contribution is -0.121. The molecule has 0 spiro atoms. The van der Waals surface area contributed by atoms with Crippen molar-refractivity contribution in [1.82, 2.24) is 20.5 Å². The number of aromatic nitrogens is 1. The number of para-hydroxylation sites is 1. The Bertz CT molecular complexity index is 1350. The molecule has 9 heteroatoms. The van der Waals surface area contributed by atoms with Gasteiger partial charge in [0.15, 0.2) is 0 Å². The van der Waals surface area contributed by atoms with E-state index in [-0.39, 0.29) is 11.9 Å². The molecule has 8 nitrogen and oxygen atoms in total. The van der Waals surface area contributed by atoms with Gasteiger partial charge in [-0.1, -0.05) is 30.0 Å². The summed E-state index contributed by atoms with van der Waals surface area (Å²) in [5.74, 6) is 1.38. The number of carbonyl (C=O) groups excluding carboxylic acids is 2. The first-order valence-electron chi connectivity index (χ1n) is 12.6. The number of hydrogen-bond acceptors (Lipinski definition) is 6. The number of likely N-dealkylation sites (tertiary alicyclic amines) is 1. The predicted molar refractivity (Wildman–Crippen MR) is 144 cm³/mol.